The van der Waals surface area contributed by atoms with Gasteiger partial charge >= 0.3 is 0 Å². The molecule has 1 heterocycles. The summed E-state index contributed by atoms with van der Waals surface area (Å²) in [5.41, 5.74) is 0.144. The van der Waals surface area contributed by atoms with Crippen LogP contribution in [0.25, 0.3) is 0 Å². The maximum Gasteiger partial charge on any atom is 0.265 e. The first kappa shape index (κ1) is 15.0. The molecule has 0 amide bonds. The Morgan fingerprint density at radius 2 is 1.85 bits per heavy atom. The second kappa shape index (κ2) is 5.92. The molecule has 0 saturated carbocycles. The lowest BCUT2D eigenvalue weighted by Crippen LogP contribution is -2.16. The molecular weight excluding hydrogens is 325 g/mol. The number of hydrogen-bond donors (Lipinski definition) is 2. The van der Waals surface area contributed by atoms with E-state index in [0.717, 1.165) is 0 Å². The number of aliphatic hydroxyl groups excluding tert-OH is 1. The predicted molar refractivity (Wildman–Crippen MR) is 75.2 cm³/mol. The van der Waals surface area contributed by atoms with Crippen LogP contribution in [0, 0.1) is 0 Å². The molecule has 0 aliphatic rings. The van der Waals surface area contributed by atoms with Gasteiger partial charge in [-0.25, -0.2) is 23.1 Å². The summed E-state index contributed by atoms with van der Waals surface area (Å²) in [6.07, 6.45) is 2.79. The van der Waals surface area contributed by atoms with E-state index < -0.39 is 16.6 Å². The molecule has 106 valence electrons. The number of aliphatic hydroxyl groups is 1. The van der Waals surface area contributed by atoms with Crippen LogP contribution in [0.3, 0.4) is 0 Å². The first-order valence-corrected chi connectivity index (χ1v) is 7.57. The predicted octanol–water partition coefficient (Wildman–Crippen LogP) is 2.08. The molecule has 20 heavy (non-hydrogen) atoms. The maximum atomic E-state index is 12.2. The second-order valence-corrected chi connectivity index (χ2v) is 6.11. The molecule has 0 radical (unpaired) electrons. The fourth-order valence-corrected chi connectivity index (χ4v) is 3.31. The minimum atomic E-state index is -3.97. The monoisotopic (exact) mass is 333 g/mol. The zero-order chi connectivity index (χ0) is 14.8. The van der Waals surface area contributed by atoms with E-state index in [9.17, 15) is 13.5 Å². The van der Waals surface area contributed by atoms with E-state index in [0.29, 0.717) is 0 Å². The number of aromatic nitrogens is 2. The molecule has 0 aliphatic heterocycles. The second-order valence-electron chi connectivity index (χ2n) is 3.67. The third-order valence-corrected chi connectivity index (χ3v) is 4.66. The van der Waals surface area contributed by atoms with Crippen LogP contribution in [-0.2, 0) is 16.6 Å². The Kier molecular flexibility index (Phi) is 4.44. The van der Waals surface area contributed by atoms with Crippen LogP contribution in [0.1, 0.15) is 5.56 Å². The van der Waals surface area contributed by atoms with Crippen LogP contribution >= 0.6 is 23.2 Å². The summed E-state index contributed by atoms with van der Waals surface area (Å²) in [6, 6.07) is 4.14. The quantitative estimate of drug-likeness (QED) is 0.893. The largest absolute Gasteiger partial charge is 0.392 e. The highest BCUT2D eigenvalue weighted by molar-refractivity contribution is 7.92. The van der Waals surface area contributed by atoms with Crippen LogP contribution in [-0.4, -0.2) is 23.5 Å². The van der Waals surface area contributed by atoms with Gasteiger partial charge in [0.05, 0.1) is 11.6 Å². The normalized spacial score (nSPS) is 11.3. The van der Waals surface area contributed by atoms with E-state index in [1.54, 1.807) is 6.07 Å². The Hall–Kier alpha value is -1.41. The van der Waals surface area contributed by atoms with Gasteiger partial charge in [-0.1, -0.05) is 23.2 Å². The molecule has 0 unspecified atom stereocenters. The van der Waals surface area contributed by atoms with E-state index in [4.69, 9.17) is 23.2 Å². The van der Waals surface area contributed by atoms with E-state index >= 15 is 0 Å². The van der Waals surface area contributed by atoms with Crippen LogP contribution in [0.15, 0.2) is 35.5 Å². The number of rotatable bonds is 4. The van der Waals surface area contributed by atoms with Gasteiger partial charge in [0.1, 0.15) is 4.90 Å². The van der Waals surface area contributed by atoms with Crippen LogP contribution in [0.4, 0.5) is 5.95 Å². The number of nitrogens with zero attached hydrogens (tertiary/aromatic N) is 2. The number of halogens is 2. The Morgan fingerprint density at radius 1 is 1.20 bits per heavy atom. The third-order valence-electron chi connectivity index (χ3n) is 2.39. The highest BCUT2D eigenvalue weighted by atomic mass is 35.5. The van der Waals surface area contributed by atoms with Gasteiger partial charge in [0, 0.05) is 23.0 Å². The number of anilines is 1. The minimum Gasteiger partial charge on any atom is -0.392 e. The lowest BCUT2D eigenvalue weighted by molar-refractivity contribution is 0.282. The van der Waals surface area contributed by atoms with Crippen molar-refractivity contribution in [2.24, 2.45) is 0 Å². The summed E-state index contributed by atoms with van der Waals surface area (Å²) in [5, 5.41) is 9.22. The summed E-state index contributed by atoms with van der Waals surface area (Å²) >= 11 is 11.8. The smallest absolute Gasteiger partial charge is 0.265 e. The van der Waals surface area contributed by atoms with Gasteiger partial charge in [-0.3, -0.25) is 0 Å². The molecule has 1 aromatic heterocycles. The number of nitrogens with one attached hydrogen (secondary N) is 1. The molecule has 0 atom stereocenters. The van der Waals surface area contributed by atoms with E-state index in [2.05, 4.69) is 14.7 Å². The first-order chi connectivity index (χ1) is 9.45. The molecule has 9 heteroatoms. The third kappa shape index (κ3) is 3.01. The van der Waals surface area contributed by atoms with Crippen LogP contribution in [0.5, 0.6) is 0 Å². The fourth-order valence-electron chi connectivity index (χ4n) is 1.46. The highest BCUT2D eigenvalue weighted by Crippen LogP contribution is 2.31. The van der Waals surface area contributed by atoms with Gasteiger partial charge in [-0.15, -0.1) is 0 Å². The molecular formula is C11H9Cl2N3O3S. The molecule has 1 aromatic carbocycles. The highest BCUT2D eigenvalue weighted by Gasteiger charge is 2.22. The number of hydrogen-bond acceptors (Lipinski definition) is 5. The van der Waals surface area contributed by atoms with Gasteiger partial charge in [0.15, 0.2) is 0 Å². The lowest BCUT2D eigenvalue weighted by atomic mass is 10.2. The van der Waals surface area contributed by atoms with E-state index in [1.165, 1.54) is 24.5 Å². The maximum absolute atomic E-state index is 12.2. The summed E-state index contributed by atoms with van der Waals surface area (Å²) in [7, 11) is -3.97. The van der Waals surface area contributed by atoms with Crippen LogP contribution in [0.2, 0.25) is 10.0 Å². The van der Waals surface area contributed by atoms with Crippen molar-refractivity contribution >= 4 is 39.2 Å². The SMILES string of the molecule is O=S(=O)(Nc1ncccn1)c1ccc(Cl)c(CO)c1Cl. The van der Waals surface area contributed by atoms with Crippen molar-refractivity contribution in [1.29, 1.82) is 0 Å². The Labute approximate surface area is 125 Å². The summed E-state index contributed by atoms with van der Waals surface area (Å²) in [4.78, 5) is 7.31. The van der Waals surface area contributed by atoms with E-state index in [1.807, 2.05) is 0 Å². The molecule has 0 saturated heterocycles. The van der Waals surface area contributed by atoms with Crippen molar-refractivity contribution in [1.82, 2.24) is 9.97 Å². The topological polar surface area (TPSA) is 92.2 Å². The molecule has 0 aliphatic carbocycles. The van der Waals surface area contributed by atoms with Gasteiger partial charge in [-0.2, -0.15) is 0 Å². The lowest BCUT2D eigenvalue weighted by Gasteiger charge is -2.11. The van der Waals surface area contributed by atoms with Crippen molar-refractivity contribution in [3.05, 3.63) is 46.2 Å². The molecule has 2 aromatic rings. The van der Waals surface area contributed by atoms with Crippen molar-refractivity contribution in [3.8, 4) is 0 Å². The van der Waals surface area contributed by atoms with Gasteiger partial charge in [0.2, 0.25) is 5.95 Å². The van der Waals surface area contributed by atoms with Gasteiger partial charge in [-0.05, 0) is 18.2 Å². The molecule has 6 nitrogen and oxygen atoms in total. The zero-order valence-electron chi connectivity index (χ0n) is 9.92. The van der Waals surface area contributed by atoms with Crippen molar-refractivity contribution < 1.29 is 13.5 Å². The summed E-state index contributed by atoms with van der Waals surface area (Å²) < 4.78 is 26.6. The van der Waals surface area contributed by atoms with E-state index in [-0.39, 0.29) is 26.5 Å². The Morgan fingerprint density at radius 3 is 2.45 bits per heavy atom. The summed E-state index contributed by atoms with van der Waals surface area (Å²) in [5.74, 6) is -0.0796. The fraction of sp³-hybridized carbons (Fsp3) is 0.0909. The molecule has 0 fully saturated rings. The first-order valence-electron chi connectivity index (χ1n) is 5.33. The van der Waals surface area contributed by atoms with Gasteiger partial charge < -0.3 is 5.11 Å². The van der Waals surface area contributed by atoms with Crippen molar-refractivity contribution in [2.75, 3.05) is 4.72 Å². The van der Waals surface area contributed by atoms with Crippen molar-refractivity contribution in [2.45, 2.75) is 11.5 Å². The molecule has 0 bridgehead atoms. The average Bonchev–Trinajstić information content (AvgIpc) is 2.39. The standard InChI is InChI=1S/C11H9Cl2N3O3S/c12-8-2-3-9(10(13)7(8)6-17)20(18,19)16-11-14-4-1-5-15-11/h1-5,17H,6H2,(H,14,15,16). The molecule has 2 N–H and O–H groups in total. The minimum absolute atomic E-state index is 0.0796. The molecule has 0 spiro atoms. The van der Waals surface area contributed by atoms with Crippen LogP contribution < -0.4 is 4.72 Å². The number of sulfonamides is 1. The zero-order valence-corrected chi connectivity index (χ0v) is 12.2. The Balaban J connectivity index is 2.45. The summed E-state index contributed by atoms with van der Waals surface area (Å²) in [6.45, 7) is -0.469. The molecule has 2 rings (SSSR count). The van der Waals surface area contributed by atoms with Gasteiger partial charge in [0.25, 0.3) is 10.0 Å². The average molecular weight is 334 g/mol. The Bertz CT molecular complexity index is 723. The number of benzene rings is 1. The van der Waals surface area contributed by atoms with Crippen molar-refractivity contribution in [3.63, 3.8) is 0 Å².